The Morgan fingerprint density at radius 3 is 2.46 bits per heavy atom. The van der Waals surface area contributed by atoms with Crippen molar-refractivity contribution in [1.82, 2.24) is 0 Å². The minimum Gasteiger partial charge on any atom is -0.459 e. The van der Waals surface area contributed by atoms with Gasteiger partial charge in [-0.1, -0.05) is 61.7 Å². The van der Waals surface area contributed by atoms with Gasteiger partial charge in [0.1, 0.15) is 11.0 Å². The molecule has 0 N–H and O–H groups in total. The first-order valence-electron chi connectivity index (χ1n) is 10.8. The third kappa shape index (κ3) is 4.74. The predicted molar refractivity (Wildman–Crippen MR) is 112 cm³/mol. The Morgan fingerprint density at radius 2 is 1.75 bits per heavy atom. The lowest BCUT2D eigenvalue weighted by atomic mass is 9.65. The van der Waals surface area contributed by atoms with Gasteiger partial charge in [0.05, 0.1) is 0 Å². The maximum absolute atomic E-state index is 12.8. The zero-order valence-corrected chi connectivity index (χ0v) is 17.6. The van der Waals surface area contributed by atoms with Gasteiger partial charge in [0.15, 0.2) is 5.78 Å². The second kappa shape index (κ2) is 8.23. The molecule has 0 radical (unpaired) electrons. The molecule has 1 aromatic rings. The average Bonchev–Trinajstić information content (AvgIpc) is 2.98. The van der Waals surface area contributed by atoms with Crippen LogP contribution in [-0.4, -0.2) is 17.4 Å². The summed E-state index contributed by atoms with van der Waals surface area (Å²) in [6.45, 7) is 5.57. The normalized spacial score (nSPS) is 26.5. The molecule has 1 aromatic carbocycles. The van der Waals surface area contributed by atoms with Gasteiger partial charge in [0.25, 0.3) is 0 Å². The van der Waals surface area contributed by atoms with Crippen molar-refractivity contribution in [2.75, 3.05) is 0 Å². The van der Waals surface area contributed by atoms with Gasteiger partial charge in [-0.15, -0.1) is 0 Å². The fourth-order valence-electron chi connectivity index (χ4n) is 4.67. The number of hydrogen-bond acceptors (Lipinski definition) is 3. The fourth-order valence-corrected chi connectivity index (χ4v) is 4.67. The molecule has 1 saturated carbocycles. The standard InChI is InChI=1S/C25H34O3/c1-23(2,3)28-22(27)25-18-17-24(19-25,16-14-21(25)26)15-10-5-4-7-11-20-12-8-6-9-13-20/h6,8-9,12-13,17-18H,4-5,7,10-11,14-16,19H2,1-3H3/t24-,25-/m0/s1. The van der Waals surface area contributed by atoms with Gasteiger partial charge in [-0.2, -0.15) is 0 Å². The number of ketones is 1. The zero-order valence-electron chi connectivity index (χ0n) is 17.6. The highest BCUT2D eigenvalue weighted by Crippen LogP contribution is 2.55. The monoisotopic (exact) mass is 382 g/mol. The molecule has 3 heteroatoms. The summed E-state index contributed by atoms with van der Waals surface area (Å²) in [6.07, 6.45) is 13.0. The third-order valence-corrected chi connectivity index (χ3v) is 6.20. The van der Waals surface area contributed by atoms with E-state index in [0.29, 0.717) is 12.8 Å². The molecule has 0 spiro atoms. The highest BCUT2D eigenvalue weighted by atomic mass is 16.6. The molecule has 152 valence electrons. The molecule has 0 aliphatic heterocycles. The molecule has 3 nitrogen and oxygen atoms in total. The molecule has 0 unspecified atom stereocenters. The minimum absolute atomic E-state index is 0.00421. The van der Waals surface area contributed by atoms with Crippen LogP contribution in [-0.2, 0) is 20.7 Å². The maximum atomic E-state index is 12.8. The molecule has 3 rings (SSSR count). The topological polar surface area (TPSA) is 43.4 Å². The van der Waals surface area contributed by atoms with Gasteiger partial charge in [-0.25, -0.2) is 0 Å². The molecule has 0 saturated heterocycles. The fraction of sp³-hybridized carbons (Fsp3) is 0.600. The van der Waals surface area contributed by atoms with Crippen molar-refractivity contribution in [3.8, 4) is 0 Å². The molecule has 2 bridgehead atoms. The number of hydrogen-bond donors (Lipinski definition) is 0. The maximum Gasteiger partial charge on any atom is 0.324 e. The lowest BCUT2D eigenvalue weighted by Gasteiger charge is -2.38. The number of rotatable bonds is 8. The summed E-state index contributed by atoms with van der Waals surface area (Å²) in [5.74, 6) is -0.320. The first-order chi connectivity index (χ1) is 13.2. The number of unbranched alkanes of at least 4 members (excludes halogenated alkanes) is 3. The van der Waals surface area contributed by atoms with Gasteiger partial charge in [-0.3, -0.25) is 9.59 Å². The van der Waals surface area contributed by atoms with Crippen molar-refractivity contribution in [3.63, 3.8) is 0 Å². The lowest BCUT2D eigenvalue weighted by Crippen LogP contribution is -2.45. The number of esters is 1. The van der Waals surface area contributed by atoms with Crippen LogP contribution in [0.1, 0.15) is 77.7 Å². The summed E-state index contributed by atoms with van der Waals surface area (Å²) in [5.41, 5.74) is -0.183. The van der Waals surface area contributed by atoms with Gasteiger partial charge in [0, 0.05) is 6.42 Å². The Kier molecular flexibility index (Phi) is 6.12. The van der Waals surface area contributed by atoms with Crippen LogP contribution in [0, 0.1) is 10.8 Å². The van der Waals surface area contributed by atoms with E-state index in [0.717, 1.165) is 25.7 Å². The van der Waals surface area contributed by atoms with Gasteiger partial charge >= 0.3 is 5.97 Å². The molecule has 2 aliphatic carbocycles. The number of allylic oxidation sites excluding steroid dienone is 1. The number of Topliss-reactive ketones (excluding diaryl/α,β-unsaturated/α-hetero) is 1. The third-order valence-electron chi connectivity index (χ3n) is 6.20. The first kappa shape index (κ1) is 20.8. The van der Waals surface area contributed by atoms with E-state index in [-0.39, 0.29) is 17.2 Å². The molecule has 28 heavy (non-hydrogen) atoms. The molecule has 0 amide bonds. The van der Waals surface area contributed by atoms with E-state index < -0.39 is 11.0 Å². The second-order valence-corrected chi connectivity index (χ2v) is 9.67. The van der Waals surface area contributed by atoms with Crippen LogP contribution >= 0.6 is 0 Å². The second-order valence-electron chi connectivity index (χ2n) is 9.67. The van der Waals surface area contributed by atoms with Crippen molar-refractivity contribution in [2.24, 2.45) is 10.8 Å². The van der Waals surface area contributed by atoms with Crippen LogP contribution in [0.3, 0.4) is 0 Å². The van der Waals surface area contributed by atoms with Crippen LogP contribution in [0.5, 0.6) is 0 Å². The number of benzene rings is 1. The van der Waals surface area contributed by atoms with E-state index in [1.54, 1.807) is 0 Å². The number of carbonyl (C=O) groups is 2. The van der Waals surface area contributed by atoms with Crippen molar-refractivity contribution in [2.45, 2.75) is 84.2 Å². The minimum atomic E-state index is -1.03. The summed E-state index contributed by atoms with van der Waals surface area (Å²) >= 11 is 0. The Hall–Kier alpha value is -1.90. The summed E-state index contributed by atoms with van der Waals surface area (Å²) in [5, 5.41) is 0. The highest BCUT2D eigenvalue weighted by molar-refractivity contribution is 6.07. The Morgan fingerprint density at radius 1 is 1.04 bits per heavy atom. The number of ether oxygens (including phenoxy) is 1. The van der Waals surface area contributed by atoms with E-state index in [1.807, 2.05) is 26.8 Å². The molecular formula is C25H34O3. The summed E-state index contributed by atoms with van der Waals surface area (Å²) in [6, 6.07) is 10.6. The van der Waals surface area contributed by atoms with Crippen LogP contribution in [0.2, 0.25) is 0 Å². The van der Waals surface area contributed by atoms with Crippen LogP contribution in [0.4, 0.5) is 0 Å². The van der Waals surface area contributed by atoms with E-state index in [2.05, 4.69) is 36.4 Å². The number of fused-ring (bicyclic) bond motifs is 2. The SMILES string of the molecule is CC(C)(C)OC(=O)[C@]12C=C[C@](CCCCCCc3ccccc3)(CCC1=O)C2. The van der Waals surface area contributed by atoms with Gasteiger partial charge < -0.3 is 4.74 Å². The molecule has 0 heterocycles. The van der Waals surface area contributed by atoms with Crippen molar-refractivity contribution in [1.29, 1.82) is 0 Å². The number of aryl methyl sites for hydroxylation is 1. The van der Waals surface area contributed by atoms with E-state index >= 15 is 0 Å². The van der Waals surface area contributed by atoms with Gasteiger partial charge in [0.2, 0.25) is 0 Å². The Balaban J connectivity index is 1.48. The van der Waals surface area contributed by atoms with Crippen molar-refractivity contribution in [3.05, 3.63) is 48.0 Å². The summed E-state index contributed by atoms with van der Waals surface area (Å²) in [7, 11) is 0. The zero-order chi connectivity index (χ0) is 20.3. The van der Waals surface area contributed by atoms with Crippen LogP contribution < -0.4 is 0 Å². The van der Waals surface area contributed by atoms with Crippen molar-refractivity contribution >= 4 is 11.8 Å². The summed E-state index contributed by atoms with van der Waals surface area (Å²) in [4.78, 5) is 25.4. The highest BCUT2D eigenvalue weighted by Gasteiger charge is 2.57. The average molecular weight is 383 g/mol. The number of carbonyl (C=O) groups excluding carboxylic acids is 2. The molecule has 2 aliphatic rings. The molecular weight excluding hydrogens is 348 g/mol. The Labute approximate surface area is 169 Å². The van der Waals surface area contributed by atoms with Gasteiger partial charge in [-0.05, 0) is 63.9 Å². The van der Waals surface area contributed by atoms with Crippen molar-refractivity contribution < 1.29 is 14.3 Å². The molecule has 2 atom stereocenters. The smallest absolute Gasteiger partial charge is 0.324 e. The van der Waals surface area contributed by atoms with E-state index in [4.69, 9.17) is 4.74 Å². The van der Waals surface area contributed by atoms with Crippen LogP contribution in [0.25, 0.3) is 0 Å². The summed E-state index contributed by atoms with van der Waals surface area (Å²) < 4.78 is 5.60. The largest absolute Gasteiger partial charge is 0.459 e. The molecule has 0 aromatic heterocycles. The lowest BCUT2D eigenvalue weighted by molar-refractivity contribution is -0.169. The van der Waals surface area contributed by atoms with E-state index in [9.17, 15) is 9.59 Å². The molecule has 1 fully saturated rings. The first-order valence-corrected chi connectivity index (χ1v) is 10.8. The van der Waals surface area contributed by atoms with E-state index in [1.165, 1.54) is 24.8 Å². The predicted octanol–water partition coefficient (Wildman–Crippen LogP) is 5.82. The van der Waals surface area contributed by atoms with Crippen LogP contribution in [0.15, 0.2) is 42.5 Å². The Bertz CT molecular complexity index is 728. The quantitative estimate of drug-likeness (QED) is 0.246.